The molecule has 2 nitrogen and oxygen atoms in total. The molecule has 23 heavy (non-hydrogen) atoms. The van der Waals surface area contributed by atoms with E-state index in [1.165, 1.54) is 23.8 Å². The zero-order chi connectivity index (χ0) is 16.4. The molecule has 1 aliphatic rings. The third-order valence-corrected chi connectivity index (χ3v) is 4.09. The Morgan fingerprint density at radius 1 is 0.957 bits per heavy atom. The summed E-state index contributed by atoms with van der Waals surface area (Å²) < 4.78 is 38.9. The standard InChI is InChI=1S/C18H16F3NO/c19-18(20,21)15-7-3-4-8-16(15)22-17(23)14-10-9-12-5-1-2-6-13(12)11-14/h3-4,7-11H,1-2,5-6H2,(H,22,23). The number of nitrogens with one attached hydrogen (secondary N) is 1. The van der Waals surface area contributed by atoms with E-state index in [9.17, 15) is 18.0 Å². The molecule has 120 valence electrons. The van der Waals surface area contributed by atoms with Gasteiger partial charge in [-0.1, -0.05) is 18.2 Å². The van der Waals surface area contributed by atoms with Crippen molar-refractivity contribution in [3.8, 4) is 0 Å². The highest BCUT2D eigenvalue weighted by Gasteiger charge is 2.33. The molecule has 0 spiro atoms. The van der Waals surface area contributed by atoms with Gasteiger partial charge in [0.05, 0.1) is 11.3 Å². The summed E-state index contributed by atoms with van der Waals surface area (Å²) in [6.07, 6.45) is -0.379. The van der Waals surface area contributed by atoms with Gasteiger partial charge in [-0.2, -0.15) is 13.2 Å². The fraction of sp³-hybridized carbons (Fsp3) is 0.278. The zero-order valence-electron chi connectivity index (χ0n) is 12.4. The number of rotatable bonds is 2. The Balaban J connectivity index is 1.85. The molecule has 0 aromatic heterocycles. The van der Waals surface area contributed by atoms with Crippen molar-refractivity contribution in [1.29, 1.82) is 0 Å². The average molecular weight is 319 g/mol. The highest BCUT2D eigenvalue weighted by Crippen LogP contribution is 2.34. The van der Waals surface area contributed by atoms with E-state index in [4.69, 9.17) is 0 Å². The van der Waals surface area contributed by atoms with Crippen molar-refractivity contribution in [1.82, 2.24) is 0 Å². The van der Waals surface area contributed by atoms with Crippen LogP contribution < -0.4 is 5.32 Å². The van der Waals surface area contributed by atoms with E-state index in [2.05, 4.69) is 5.32 Å². The van der Waals surface area contributed by atoms with E-state index in [1.807, 2.05) is 6.07 Å². The van der Waals surface area contributed by atoms with Gasteiger partial charge < -0.3 is 5.32 Å². The predicted molar refractivity (Wildman–Crippen MR) is 82.5 cm³/mol. The Kier molecular flexibility index (Phi) is 4.11. The van der Waals surface area contributed by atoms with Crippen molar-refractivity contribution in [2.45, 2.75) is 31.9 Å². The molecule has 0 heterocycles. The minimum Gasteiger partial charge on any atom is -0.321 e. The first kappa shape index (κ1) is 15.6. The second kappa shape index (κ2) is 6.07. The number of alkyl halides is 3. The summed E-state index contributed by atoms with van der Waals surface area (Å²) in [7, 11) is 0. The summed E-state index contributed by atoms with van der Waals surface area (Å²) in [6, 6.07) is 10.4. The summed E-state index contributed by atoms with van der Waals surface area (Å²) in [5.41, 5.74) is 1.67. The first-order chi connectivity index (χ1) is 10.9. The number of benzene rings is 2. The molecule has 1 N–H and O–H groups in total. The molecule has 0 radical (unpaired) electrons. The van der Waals surface area contributed by atoms with E-state index in [0.29, 0.717) is 5.56 Å². The molecule has 0 unspecified atom stereocenters. The van der Waals surface area contributed by atoms with E-state index < -0.39 is 17.6 Å². The van der Waals surface area contributed by atoms with E-state index in [1.54, 1.807) is 12.1 Å². The number of hydrogen-bond acceptors (Lipinski definition) is 1. The van der Waals surface area contributed by atoms with Crippen LogP contribution in [0.5, 0.6) is 0 Å². The molecule has 2 aromatic rings. The number of hydrogen-bond donors (Lipinski definition) is 1. The number of anilines is 1. The number of carbonyl (C=O) groups excluding carboxylic acids is 1. The van der Waals surface area contributed by atoms with Crippen LogP contribution in [0.1, 0.15) is 39.9 Å². The van der Waals surface area contributed by atoms with Crippen molar-refractivity contribution in [2.24, 2.45) is 0 Å². The first-order valence-corrected chi connectivity index (χ1v) is 7.54. The second-order valence-electron chi connectivity index (χ2n) is 5.69. The van der Waals surface area contributed by atoms with Gasteiger partial charge in [0.2, 0.25) is 0 Å². The van der Waals surface area contributed by atoms with Crippen LogP contribution in [-0.2, 0) is 19.0 Å². The van der Waals surface area contributed by atoms with Crippen LogP contribution in [0.4, 0.5) is 18.9 Å². The number of carbonyl (C=O) groups is 1. The van der Waals surface area contributed by atoms with Gasteiger partial charge in [-0.25, -0.2) is 0 Å². The fourth-order valence-corrected chi connectivity index (χ4v) is 2.91. The molecule has 0 saturated carbocycles. The van der Waals surface area contributed by atoms with Crippen LogP contribution in [0.25, 0.3) is 0 Å². The van der Waals surface area contributed by atoms with Gasteiger partial charge in [0.1, 0.15) is 0 Å². The molecule has 1 aliphatic carbocycles. The van der Waals surface area contributed by atoms with Gasteiger partial charge in [0, 0.05) is 5.56 Å². The highest BCUT2D eigenvalue weighted by atomic mass is 19.4. The molecule has 0 atom stereocenters. The number of fused-ring (bicyclic) bond motifs is 1. The lowest BCUT2D eigenvalue weighted by Crippen LogP contribution is -2.17. The van der Waals surface area contributed by atoms with Crippen molar-refractivity contribution in [3.63, 3.8) is 0 Å². The molecule has 5 heteroatoms. The van der Waals surface area contributed by atoms with Crippen LogP contribution in [0, 0.1) is 0 Å². The van der Waals surface area contributed by atoms with Crippen LogP contribution in [0.15, 0.2) is 42.5 Å². The topological polar surface area (TPSA) is 29.1 Å². The SMILES string of the molecule is O=C(Nc1ccccc1C(F)(F)F)c1ccc2c(c1)CCCC2. The third kappa shape index (κ3) is 3.38. The van der Waals surface area contributed by atoms with Crippen LogP contribution in [-0.4, -0.2) is 5.91 Å². The molecule has 0 saturated heterocycles. The Labute approximate surface area is 132 Å². The monoisotopic (exact) mass is 319 g/mol. The lowest BCUT2D eigenvalue weighted by Gasteiger charge is -2.17. The Bertz CT molecular complexity index is 737. The largest absolute Gasteiger partial charge is 0.418 e. The molecular weight excluding hydrogens is 303 g/mol. The lowest BCUT2D eigenvalue weighted by molar-refractivity contribution is -0.136. The Hall–Kier alpha value is -2.30. The summed E-state index contributed by atoms with van der Waals surface area (Å²) in [4.78, 5) is 12.3. The molecule has 3 rings (SSSR count). The van der Waals surface area contributed by atoms with Gasteiger partial charge in [-0.15, -0.1) is 0 Å². The number of halogens is 3. The molecule has 0 aliphatic heterocycles. The number of para-hydroxylation sites is 1. The van der Waals surface area contributed by atoms with Crippen LogP contribution in [0.2, 0.25) is 0 Å². The maximum absolute atomic E-state index is 13.0. The summed E-state index contributed by atoms with van der Waals surface area (Å²) in [5.74, 6) is -0.518. The Morgan fingerprint density at radius 2 is 1.65 bits per heavy atom. The maximum atomic E-state index is 13.0. The summed E-state index contributed by atoms with van der Waals surface area (Å²) >= 11 is 0. The van der Waals surface area contributed by atoms with Gasteiger partial charge >= 0.3 is 6.18 Å². The quantitative estimate of drug-likeness (QED) is 0.843. The van der Waals surface area contributed by atoms with Gasteiger partial charge in [0.15, 0.2) is 0 Å². The fourth-order valence-electron chi connectivity index (χ4n) is 2.91. The Morgan fingerprint density at radius 3 is 2.39 bits per heavy atom. The summed E-state index contributed by atoms with van der Waals surface area (Å²) in [6.45, 7) is 0. The lowest BCUT2D eigenvalue weighted by atomic mass is 9.90. The normalized spacial score (nSPS) is 14.2. The second-order valence-corrected chi connectivity index (χ2v) is 5.69. The zero-order valence-corrected chi connectivity index (χ0v) is 12.4. The average Bonchev–Trinajstić information content (AvgIpc) is 2.54. The molecular formula is C18H16F3NO. The van der Waals surface area contributed by atoms with Crippen LogP contribution >= 0.6 is 0 Å². The maximum Gasteiger partial charge on any atom is 0.418 e. The molecule has 0 bridgehead atoms. The highest BCUT2D eigenvalue weighted by molar-refractivity contribution is 6.04. The minimum absolute atomic E-state index is 0.220. The first-order valence-electron chi connectivity index (χ1n) is 7.54. The van der Waals surface area contributed by atoms with Crippen molar-refractivity contribution in [2.75, 3.05) is 5.32 Å². The van der Waals surface area contributed by atoms with E-state index in [0.717, 1.165) is 37.3 Å². The summed E-state index contributed by atoms with van der Waals surface area (Å²) in [5, 5.41) is 2.38. The predicted octanol–water partition coefficient (Wildman–Crippen LogP) is 4.84. The number of aryl methyl sites for hydroxylation is 2. The van der Waals surface area contributed by atoms with Crippen LogP contribution in [0.3, 0.4) is 0 Å². The van der Waals surface area contributed by atoms with Gasteiger partial charge in [-0.3, -0.25) is 4.79 Å². The van der Waals surface area contributed by atoms with Crippen molar-refractivity contribution < 1.29 is 18.0 Å². The molecule has 1 amide bonds. The molecule has 0 fully saturated rings. The number of amides is 1. The van der Waals surface area contributed by atoms with Gasteiger partial charge in [-0.05, 0) is 61.1 Å². The smallest absolute Gasteiger partial charge is 0.321 e. The minimum atomic E-state index is -4.50. The van der Waals surface area contributed by atoms with E-state index in [-0.39, 0.29) is 5.69 Å². The third-order valence-electron chi connectivity index (χ3n) is 4.09. The van der Waals surface area contributed by atoms with E-state index >= 15 is 0 Å². The molecule has 2 aromatic carbocycles. The van der Waals surface area contributed by atoms with Crippen molar-refractivity contribution in [3.05, 3.63) is 64.7 Å². The van der Waals surface area contributed by atoms with Gasteiger partial charge in [0.25, 0.3) is 5.91 Å². The van der Waals surface area contributed by atoms with Crippen molar-refractivity contribution >= 4 is 11.6 Å².